The number of aromatic nitrogens is 1. The van der Waals surface area contributed by atoms with Crippen molar-refractivity contribution in [3.63, 3.8) is 0 Å². The van der Waals surface area contributed by atoms with Gasteiger partial charge < -0.3 is 19.7 Å². The highest BCUT2D eigenvalue weighted by atomic mass is 19.1. The Morgan fingerprint density at radius 3 is 2.68 bits per heavy atom. The van der Waals surface area contributed by atoms with Gasteiger partial charge in [-0.2, -0.15) is 0 Å². The lowest BCUT2D eigenvalue weighted by molar-refractivity contribution is -0.128. The van der Waals surface area contributed by atoms with Crippen LogP contribution in [-0.4, -0.2) is 59.7 Å². The maximum atomic E-state index is 14.3. The van der Waals surface area contributed by atoms with Crippen LogP contribution in [0.15, 0.2) is 36.4 Å². The number of carbonyl (C=O) groups excluding carboxylic acids is 1. The number of halogens is 2. The lowest BCUT2D eigenvalue weighted by Gasteiger charge is -2.34. The van der Waals surface area contributed by atoms with Gasteiger partial charge >= 0.3 is 0 Å². The summed E-state index contributed by atoms with van der Waals surface area (Å²) >= 11 is 0. The molecular weight excluding hydrogens is 440 g/mol. The molecule has 1 atom stereocenters. The van der Waals surface area contributed by atoms with Crippen LogP contribution in [0.4, 0.5) is 8.78 Å². The minimum atomic E-state index is -0.437. The lowest BCUT2D eigenvalue weighted by Crippen LogP contribution is -2.36. The van der Waals surface area contributed by atoms with E-state index >= 15 is 0 Å². The van der Waals surface area contributed by atoms with Crippen molar-refractivity contribution in [3.05, 3.63) is 64.9 Å². The Morgan fingerprint density at radius 1 is 1.24 bits per heavy atom. The number of hydrogen-bond acceptors (Lipinski definition) is 4. The average Bonchev–Trinajstić information content (AvgIpc) is 3.20. The lowest BCUT2D eigenvalue weighted by atomic mass is 9.88. The van der Waals surface area contributed by atoms with Crippen molar-refractivity contribution in [2.45, 2.75) is 39.3 Å². The smallest absolute Gasteiger partial charge is 0.219 e. The topological polar surface area (TPSA) is 68.8 Å². The molecule has 34 heavy (non-hydrogen) atoms. The van der Waals surface area contributed by atoms with Gasteiger partial charge in [0.05, 0.1) is 7.11 Å². The highest BCUT2D eigenvalue weighted by Crippen LogP contribution is 2.38. The first-order chi connectivity index (χ1) is 16.4. The van der Waals surface area contributed by atoms with E-state index in [0.717, 1.165) is 41.9 Å². The van der Waals surface area contributed by atoms with Gasteiger partial charge in [0, 0.05) is 80.9 Å². The third-order valence-electron chi connectivity index (χ3n) is 6.37. The number of benzene rings is 2. The second-order valence-corrected chi connectivity index (χ2v) is 8.42. The zero-order valence-electron chi connectivity index (χ0n) is 20.2. The summed E-state index contributed by atoms with van der Waals surface area (Å²) < 4.78 is 33.4. The van der Waals surface area contributed by atoms with Crippen LogP contribution < -0.4 is 4.74 Å². The first-order valence-electron chi connectivity index (χ1n) is 11.4. The molecule has 1 aliphatic rings. The standard InChI is InChI=1S/C25H29F2N3O2.CH4O/c1-4-30(16(2)31)10-9-17-13-29(14-18-11-19(26)5-8-22(18)27)15-24-25(17)21-7-6-20(32-3)12-23(21)28-24;1-2/h5-8,11-12,17,28H,4,9-10,13-15H2,1-3H3;2H,1H3. The summed E-state index contributed by atoms with van der Waals surface area (Å²) in [6.45, 7) is 6.53. The van der Waals surface area contributed by atoms with Crippen molar-refractivity contribution in [3.8, 4) is 5.75 Å². The number of aromatic amines is 1. The first kappa shape index (κ1) is 25.6. The molecule has 3 aromatic rings. The fraction of sp³-hybridized carbons (Fsp3) is 0.423. The van der Waals surface area contributed by atoms with E-state index in [4.69, 9.17) is 9.84 Å². The Kier molecular flexibility index (Phi) is 8.63. The number of amides is 1. The van der Waals surface area contributed by atoms with Crippen molar-refractivity contribution >= 4 is 16.8 Å². The molecule has 0 radical (unpaired) electrons. The van der Waals surface area contributed by atoms with Crippen molar-refractivity contribution in [1.29, 1.82) is 0 Å². The van der Waals surface area contributed by atoms with Gasteiger partial charge in [0.15, 0.2) is 0 Å². The summed E-state index contributed by atoms with van der Waals surface area (Å²) in [5, 5.41) is 8.15. The predicted octanol–water partition coefficient (Wildman–Crippen LogP) is 4.42. The van der Waals surface area contributed by atoms with E-state index in [1.807, 2.05) is 24.0 Å². The SMILES string of the molecule is CCN(CCC1CN(Cc2cc(F)ccc2F)Cc2[nH]c3cc(OC)ccc3c21)C(C)=O.CO. The minimum absolute atomic E-state index is 0.0610. The number of nitrogens with one attached hydrogen (secondary N) is 1. The Labute approximate surface area is 199 Å². The Hall–Kier alpha value is -2.97. The number of hydrogen-bond donors (Lipinski definition) is 2. The number of H-pyrrole nitrogens is 1. The fourth-order valence-electron chi connectivity index (χ4n) is 4.77. The zero-order chi connectivity index (χ0) is 24.8. The summed E-state index contributed by atoms with van der Waals surface area (Å²) in [5.41, 5.74) is 3.67. The molecule has 6 nitrogen and oxygen atoms in total. The van der Waals surface area contributed by atoms with Crippen LogP contribution in [0, 0.1) is 11.6 Å². The molecule has 2 heterocycles. The first-order valence-corrected chi connectivity index (χ1v) is 11.4. The average molecular weight is 474 g/mol. The molecule has 184 valence electrons. The van der Waals surface area contributed by atoms with Crippen molar-refractivity contribution in [2.24, 2.45) is 0 Å². The van der Waals surface area contributed by atoms with Gasteiger partial charge in [-0.1, -0.05) is 0 Å². The Bertz CT molecular complexity index is 1130. The number of nitrogens with zero attached hydrogens (tertiary/aromatic N) is 2. The van der Waals surface area contributed by atoms with Crippen LogP contribution in [0.25, 0.3) is 10.9 Å². The van der Waals surface area contributed by atoms with E-state index < -0.39 is 11.6 Å². The number of fused-ring (bicyclic) bond motifs is 3. The number of ether oxygens (including phenoxy) is 1. The molecule has 0 fully saturated rings. The second kappa shape index (κ2) is 11.4. The van der Waals surface area contributed by atoms with Crippen LogP contribution in [0.5, 0.6) is 5.75 Å². The normalized spacial score (nSPS) is 15.4. The van der Waals surface area contributed by atoms with Crippen molar-refractivity contribution < 1.29 is 23.4 Å². The predicted molar refractivity (Wildman–Crippen MR) is 129 cm³/mol. The van der Waals surface area contributed by atoms with Crippen molar-refractivity contribution in [2.75, 3.05) is 33.9 Å². The molecule has 1 amide bonds. The number of rotatable bonds is 7. The molecule has 0 bridgehead atoms. The number of aliphatic hydroxyl groups is 1. The van der Waals surface area contributed by atoms with Crippen LogP contribution in [0.3, 0.4) is 0 Å². The van der Waals surface area contributed by atoms with E-state index in [2.05, 4.69) is 16.0 Å². The van der Waals surface area contributed by atoms with E-state index in [1.54, 1.807) is 14.0 Å². The molecule has 1 unspecified atom stereocenters. The van der Waals surface area contributed by atoms with Crippen LogP contribution in [-0.2, 0) is 17.9 Å². The molecule has 0 spiro atoms. The monoisotopic (exact) mass is 473 g/mol. The summed E-state index contributed by atoms with van der Waals surface area (Å²) in [6, 6.07) is 9.59. The fourth-order valence-corrected chi connectivity index (χ4v) is 4.77. The number of carbonyl (C=O) groups is 1. The summed E-state index contributed by atoms with van der Waals surface area (Å²) in [7, 11) is 2.64. The Morgan fingerprint density at radius 2 is 2.00 bits per heavy atom. The van der Waals surface area contributed by atoms with Gasteiger partial charge in [0.2, 0.25) is 5.91 Å². The van der Waals surface area contributed by atoms with Gasteiger partial charge in [0.1, 0.15) is 17.4 Å². The number of aliphatic hydroxyl groups excluding tert-OH is 1. The molecular formula is C26H33F2N3O3. The maximum Gasteiger partial charge on any atom is 0.219 e. The zero-order valence-corrected chi connectivity index (χ0v) is 20.2. The largest absolute Gasteiger partial charge is 0.497 e. The molecule has 4 rings (SSSR count). The summed E-state index contributed by atoms with van der Waals surface area (Å²) in [6.07, 6.45) is 0.793. The quantitative estimate of drug-likeness (QED) is 0.533. The van der Waals surface area contributed by atoms with Crippen LogP contribution >= 0.6 is 0 Å². The molecule has 8 heteroatoms. The van der Waals surface area contributed by atoms with Crippen molar-refractivity contribution in [1.82, 2.24) is 14.8 Å². The molecule has 0 saturated heterocycles. The highest BCUT2D eigenvalue weighted by molar-refractivity contribution is 5.86. The van der Waals surface area contributed by atoms with Gasteiger partial charge in [-0.3, -0.25) is 9.69 Å². The number of methoxy groups -OCH3 is 1. The van der Waals surface area contributed by atoms with Crippen LogP contribution in [0.2, 0.25) is 0 Å². The third-order valence-corrected chi connectivity index (χ3v) is 6.37. The van der Waals surface area contributed by atoms with Gasteiger partial charge in [-0.25, -0.2) is 8.78 Å². The minimum Gasteiger partial charge on any atom is -0.497 e. The van der Waals surface area contributed by atoms with E-state index in [0.29, 0.717) is 38.3 Å². The van der Waals surface area contributed by atoms with Gasteiger partial charge in [-0.15, -0.1) is 0 Å². The van der Waals surface area contributed by atoms with E-state index in [-0.39, 0.29) is 11.8 Å². The summed E-state index contributed by atoms with van der Waals surface area (Å²) in [5.74, 6) is 0.161. The molecule has 1 aliphatic heterocycles. The third kappa shape index (κ3) is 5.56. The maximum absolute atomic E-state index is 14.3. The Balaban J connectivity index is 0.00000158. The van der Waals surface area contributed by atoms with E-state index in [9.17, 15) is 13.6 Å². The molecule has 0 aliphatic carbocycles. The summed E-state index contributed by atoms with van der Waals surface area (Å²) in [4.78, 5) is 19.4. The second-order valence-electron chi connectivity index (χ2n) is 8.42. The van der Waals surface area contributed by atoms with Gasteiger partial charge in [0.25, 0.3) is 0 Å². The molecule has 1 aromatic heterocycles. The van der Waals surface area contributed by atoms with E-state index in [1.165, 1.54) is 17.7 Å². The molecule has 0 saturated carbocycles. The molecule has 2 N–H and O–H groups in total. The van der Waals surface area contributed by atoms with Gasteiger partial charge in [-0.05, 0) is 49.2 Å². The highest BCUT2D eigenvalue weighted by Gasteiger charge is 2.30. The van der Waals surface area contributed by atoms with Crippen LogP contribution in [0.1, 0.15) is 43.0 Å². The molecule has 2 aromatic carbocycles.